The van der Waals surface area contributed by atoms with Gasteiger partial charge in [0.25, 0.3) is 0 Å². The quantitative estimate of drug-likeness (QED) is 0.796. The van der Waals surface area contributed by atoms with Crippen molar-refractivity contribution in [3.8, 4) is 5.75 Å². The Hall–Kier alpha value is -0.870. The summed E-state index contributed by atoms with van der Waals surface area (Å²) in [5, 5.41) is 3.55. The van der Waals surface area contributed by atoms with Crippen LogP contribution >= 0.6 is 0 Å². The number of benzene rings is 1. The molecule has 0 aromatic heterocycles. The highest BCUT2D eigenvalue weighted by molar-refractivity contribution is 7.84. The molecular formula is C15H25NO2S. The Kier molecular flexibility index (Phi) is 7.10. The molecule has 1 rings (SSSR count). The first kappa shape index (κ1) is 16.2. The molecule has 0 aliphatic heterocycles. The zero-order chi connectivity index (χ0) is 14.3. The fourth-order valence-electron chi connectivity index (χ4n) is 2.09. The average molecular weight is 283 g/mol. The Morgan fingerprint density at radius 2 is 1.84 bits per heavy atom. The lowest BCUT2D eigenvalue weighted by molar-refractivity contribution is 0.414. The maximum Gasteiger partial charge on any atom is 0.118 e. The lowest BCUT2D eigenvalue weighted by Gasteiger charge is -2.20. The lowest BCUT2D eigenvalue weighted by atomic mass is 10.1. The SMILES string of the molecule is COc1ccc(CC(C)NC(C)CCS(C)=O)cc1. The van der Waals surface area contributed by atoms with Gasteiger partial charge in [0.2, 0.25) is 0 Å². The summed E-state index contributed by atoms with van der Waals surface area (Å²) in [7, 11) is 0.983. The van der Waals surface area contributed by atoms with Crippen LogP contribution in [0.4, 0.5) is 0 Å². The molecular weight excluding hydrogens is 258 g/mol. The van der Waals surface area contributed by atoms with Crippen LogP contribution in [0.3, 0.4) is 0 Å². The predicted octanol–water partition coefficient (Wildman–Crippen LogP) is 2.37. The van der Waals surface area contributed by atoms with E-state index in [4.69, 9.17) is 4.74 Å². The fourth-order valence-corrected chi connectivity index (χ4v) is 2.77. The minimum atomic E-state index is -0.697. The Labute approximate surface area is 119 Å². The molecule has 1 aromatic rings. The van der Waals surface area contributed by atoms with Gasteiger partial charge in [0.1, 0.15) is 5.75 Å². The van der Waals surface area contributed by atoms with Crippen molar-refractivity contribution in [1.82, 2.24) is 5.32 Å². The maximum atomic E-state index is 11.1. The summed E-state index contributed by atoms with van der Waals surface area (Å²) in [4.78, 5) is 0. The van der Waals surface area contributed by atoms with E-state index in [-0.39, 0.29) is 0 Å². The van der Waals surface area contributed by atoms with Gasteiger partial charge in [-0.25, -0.2) is 0 Å². The normalized spacial score (nSPS) is 15.8. The molecule has 0 spiro atoms. The summed E-state index contributed by atoms with van der Waals surface area (Å²) in [5.41, 5.74) is 1.30. The molecule has 0 saturated heterocycles. The second-order valence-electron chi connectivity index (χ2n) is 5.09. The highest BCUT2D eigenvalue weighted by atomic mass is 32.2. The smallest absolute Gasteiger partial charge is 0.118 e. The van der Waals surface area contributed by atoms with Crippen molar-refractivity contribution in [3.63, 3.8) is 0 Å². The third-order valence-corrected chi connectivity index (χ3v) is 3.92. The molecule has 3 atom stereocenters. The van der Waals surface area contributed by atoms with E-state index in [2.05, 4.69) is 31.3 Å². The zero-order valence-corrected chi connectivity index (χ0v) is 13.1. The van der Waals surface area contributed by atoms with Crippen LogP contribution in [0.25, 0.3) is 0 Å². The van der Waals surface area contributed by atoms with Gasteiger partial charge < -0.3 is 10.1 Å². The molecule has 3 unspecified atom stereocenters. The van der Waals surface area contributed by atoms with Crippen LogP contribution in [0.2, 0.25) is 0 Å². The van der Waals surface area contributed by atoms with Crippen molar-refractivity contribution in [3.05, 3.63) is 29.8 Å². The van der Waals surface area contributed by atoms with E-state index >= 15 is 0 Å². The molecule has 0 heterocycles. The van der Waals surface area contributed by atoms with Crippen LogP contribution in [0.15, 0.2) is 24.3 Å². The number of nitrogens with one attached hydrogen (secondary N) is 1. The molecule has 3 nitrogen and oxygen atoms in total. The maximum absolute atomic E-state index is 11.1. The van der Waals surface area contributed by atoms with Gasteiger partial charge in [0.15, 0.2) is 0 Å². The molecule has 1 N–H and O–H groups in total. The van der Waals surface area contributed by atoms with E-state index in [9.17, 15) is 4.21 Å². The Balaban J connectivity index is 2.36. The second kappa shape index (κ2) is 8.33. The molecule has 0 aliphatic rings. The van der Waals surface area contributed by atoms with Crippen LogP contribution in [0.5, 0.6) is 5.75 Å². The Bertz CT molecular complexity index is 392. The topological polar surface area (TPSA) is 38.3 Å². The number of methoxy groups -OCH3 is 1. The molecule has 0 amide bonds. The van der Waals surface area contributed by atoms with Crippen molar-refractivity contribution in [2.75, 3.05) is 19.1 Å². The molecule has 0 bridgehead atoms. The van der Waals surface area contributed by atoms with Gasteiger partial charge in [-0.2, -0.15) is 0 Å². The van der Waals surface area contributed by atoms with E-state index in [0.717, 1.165) is 24.3 Å². The predicted molar refractivity (Wildman–Crippen MR) is 82.3 cm³/mol. The number of ether oxygens (including phenoxy) is 1. The molecule has 0 saturated carbocycles. The first-order valence-electron chi connectivity index (χ1n) is 6.70. The Morgan fingerprint density at radius 1 is 1.21 bits per heavy atom. The van der Waals surface area contributed by atoms with Gasteiger partial charge >= 0.3 is 0 Å². The van der Waals surface area contributed by atoms with Crippen molar-refractivity contribution in [2.45, 2.75) is 38.8 Å². The first-order valence-corrected chi connectivity index (χ1v) is 8.43. The lowest BCUT2D eigenvalue weighted by Crippen LogP contribution is -2.36. The third-order valence-electron chi connectivity index (χ3n) is 3.11. The van der Waals surface area contributed by atoms with Gasteiger partial charge in [-0.15, -0.1) is 0 Å². The van der Waals surface area contributed by atoms with E-state index in [0.29, 0.717) is 12.1 Å². The molecule has 0 radical (unpaired) electrons. The first-order chi connectivity index (χ1) is 9.01. The van der Waals surface area contributed by atoms with Crippen molar-refractivity contribution < 1.29 is 8.95 Å². The Morgan fingerprint density at radius 3 is 2.37 bits per heavy atom. The van der Waals surface area contributed by atoms with Gasteiger partial charge in [-0.05, 0) is 44.4 Å². The van der Waals surface area contributed by atoms with E-state index < -0.39 is 10.8 Å². The number of rotatable bonds is 8. The van der Waals surface area contributed by atoms with Crippen LogP contribution in [0.1, 0.15) is 25.8 Å². The monoisotopic (exact) mass is 283 g/mol. The van der Waals surface area contributed by atoms with Gasteiger partial charge in [0, 0.05) is 34.9 Å². The summed E-state index contributed by atoms with van der Waals surface area (Å²) >= 11 is 0. The zero-order valence-electron chi connectivity index (χ0n) is 12.3. The van der Waals surface area contributed by atoms with E-state index in [1.165, 1.54) is 5.56 Å². The summed E-state index contributed by atoms with van der Waals surface area (Å²) < 4.78 is 16.2. The molecule has 19 heavy (non-hydrogen) atoms. The highest BCUT2D eigenvalue weighted by Crippen LogP contribution is 2.12. The largest absolute Gasteiger partial charge is 0.497 e. The average Bonchev–Trinajstić information content (AvgIpc) is 2.37. The van der Waals surface area contributed by atoms with Crippen molar-refractivity contribution in [2.24, 2.45) is 0 Å². The summed E-state index contributed by atoms with van der Waals surface area (Å²) in [6.07, 6.45) is 3.70. The number of hydrogen-bond acceptors (Lipinski definition) is 3. The van der Waals surface area contributed by atoms with Crippen LogP contribution in [0, 0.1) is 0 Å². The third kappa shape index (κ3) is 6.73. The van der Waals surface area contributed by atoms with Crippen molar-refractivity contribution in [1.29, 1.82) is 0 Å². The summed E-state index contributed by atoms with van der Waals surface area (Å²) in [6, 6.07) is 8.99. The van der Waals surface area contributed by atoms with Gasteiger partial charge in [-0.1, -0.05) is 12.1 Å². The summed E-state index contributed by atoms with van der Waals surface area (Å²) in [6.45, 7) is 4.33. The van der Waals surface area contributed by atoms with E-state index in [1.54, 1.807) is 13.4 Å². The molecule has 0 fully saturated rings. The molecule has 1 aromatic carbocycles. The summed E-state index contributed by atoms with van der Waals surface area (Å²) in [5.74, 6) is 1.66. The van der Waals surface area contributed by atoms with Crippen LogP contribution in [-0.4, -0.2) is 35.4 Å². The van der Waals surface area contributed by atoms with Gasteiger partial charge in [0.05, 0.1) is 7.11 Å². The van der Waals surface area contributed by atoms with Crippen molar-refractivity contribution >= 4 is 10.8 Å². The van der Waals surface area contributed by atoms with Gasteiger partial charge in [-0.3, -0.25) is 4.21 Å². The molecule has 108 valence electrons. The minimum Gasteiger partial charge on any atom is -0.497 e. The molecule has 0 aliphatic carbocycles. The van der Waals surface area contributed by atoms with Crippen LogP contribution < -0.4 is 10.1 Å². The number of hydrogen-bond donors (Lipinski definition) is 1. The highest BCUT2D eigenvalue weighted by Gasteiger charge is 2.08. The van der Waals surface area contributed by atoms with Crippen LogP contribution in [-0.2, 0) is 17.2 Å². The standard InChI is InChI=1S/C15H25NO2S/c1-12(9-10-19(4)17)16-13(2)11-14-5-7-15(18-3)8-6-14/h5-8,12-13,16H,9-11H2,1-4H3. The minimum absolute atomic E-state index is 0.400. The second-order valence-corrected chi connectivity index (χ2v) is 6.64. The fraction of sp³-hybridized carbons (Fsp3) is 0.600. The van der Waals surface area contributed by atoms with E-state index in [1.807, 2.05) is 12.1 Å². The molecule has 4 heteroatoms.